The lowest BCUT2D eigenvalue weighted by Gasteiger charge is -2.10. The van der Waals surface area contributed by atoms with Gasteiger partial charge in [0, 0.05) is 23.5 Å². The summed E-state index contributed by atoms with van der Waals surface area (Å²) in [5, 5.41) is 13.8. The van der Waals surface area contributed by atoms with Gasteiger partial charge in [-0.05, 0) is 37.3 Å². The topological polar surface area (TPSA) is 106 Å². The van der Waals surface area contributed by atoms with Gasteiger partial charge in [0.25, 0.3) is 0 Å². The number of aliphatic imine (C=N–C) groups is 1. The zero-order valence-corrected chi connectivity index (χ0v) is 16.4. The van der Waals surface area contributed by atoms with Crippen molar-refractivity contribution in [2.24, 2.45) is 4.99 Å². The summed E-state index contributed by atoms with van der Waals surface area (Å²) in [5.41, 5.74) is 1.96. The van der Waals surface area contributed by atoms with Crippen molar-refractivity contribution in [2.45, 2.75) is 6.92 Å². The molecule has 8 heteroatoms. The molecule has 0 aliphatic carbocycles. The Morgan fingerprint density at radius 1 is 1.27 bits per heavy atom. The molecule has 30 heavy (non-hydrogen) atoms. The first kappa shape index (κ1) is 19.3. The van der Waals surface area contributed by atoms with Crippen LogP contribution in [0.3, 0.4) is 0 Å². The predicted octanol–water partition coefficient (Wildman–Crippen LogP) is 4.57. The van der Waals surface area contributed by atoms with Crippen LogP contribution in [0.2, 0.25) is 0 Å². The minimum Gasteiger partial charge on any atom is -0.504 e. The molecular weight excluding hydrogens is 386 g/mol. The number of anilines is 2. The zero-order valence-electron chi connectivity index (χ0n) is 16.4. The Bertz CT molecular complexity index is 1160. The van der Waals surface area contributed by atoms with Crippen LogP contribution in [-0.2, 0) is 4.74 Å². The number of methoxy groups -OCH3 is 1. The maximum absolute atomic E-state index is 12.5. The van der Waals surface area contributed by atoms with Crippen LogP contribution >= 0.6 is 0 Å². The highest BCUT2D eigenvalue weighted by Gasteiger charge is 2.27. The molecule has 0 amide bonds. The van der Waals surface area contributed by atoms with E-state index in [-0.39, 0.29) is 29.6 Å². The molecule has 2 aromatic heterocycles. The van der Waals surface area contributed by atoms with Gasteiger partial charge in [-0.2, -0.15) is 0 Å². The van der Waals surface area contributed by atoms with Crippen molar-refractivity contribution >= 4 is 41.2 Å². The first-order valence-electron chi connectivity index (χ1n) is 9.26. The average Bonchev–Trinajstić information content (AvgIpc) is 3.30. The van der Waals surface area contributed by atoms with Crippen molar-refractivity contribution in [1.82, 2.24) is 4.98 Å². The number of carbonyl (C=O) groups excluding carboxylic acids is 1. The molecule has 0 saturated carbocycles. The summed E-state index contributed by atoms with van der Waals surface area (Å²) in [5.74, 6) is 0.225. The standard InChI is InChI=1S/C22H19N3O5/c1-3-29-22(27)18-19(26)17(11-13-12-24-20-14(13)7-6-10-23-20)30-21(18)25-15-8-4-5-9-16(15)28-2/h4-12,25-26H,3H2,1-2H3/b13-11+. The summed E-state index contributed by atoms with van der Waals surface area (Å²) in [6, 6.07) is 10.8. The highest BCUT2D eigenvalue weighted by molar-refractivity contribution is 6.21. The quantitative estimate of drug-likeness (QED) is 0.579. The molecule has 0 spiro atoms. The van der Waals surface area contributed by atoms with Gasteiger partial charge < -0.3 is 24.3 Å². The number of esters is 1. The number of aromatic hydroxyl groups is 1. The van der Waals surface area contributed by atoms with Crippen molar-refractivity contribution in [3.05, 3.63) is 59.5 Å². The van der Waals surface area contributed by atoms with E-state index in [0.29, 0.717) is 22.8 Å². The van der Waals surface area contributed by atoms with Gasteiger partial charge in [-0.1, -0.05) is 12.1 Å². The minimum absolute atomic E-state index is 0.0450. The molecule has 152 valence electrons. The van der Waals surface area contributed by atoms with Crippen molar-refractivity contribution in [3.8, 4) is 11.5 Å². The van der Waals surface area contributed by atoms with Crippen molar-refractivity contribution in [1.29, 1.82) is 0 Å². The molecule has 0 unspecified atom stereocenters. The van der Waals surface area contributed by atoms with Crippen LogP contribution in [0.25, 0.3) is 11.6 Å². The number of rotatable bonds is 6. The fraction of sp³-hybridized carbons (Fsp3) is 0.136. The van der Waals surface area contributed by atoms with Gasteiger partial charge >= 0.3 is 5.97 Å². The van der Waals surface area contributed by atoms with Gasteiger partial charge in [0.2, 0.25) is 5.88 Å². The fourth-order valence-corrected chi connectivity index (χ4v) is 3.07. The second kappa shape index (κ2) is 8.12. The molecule has 0 atom stereocenters. The average molecular weight is 405 g/mol. The summed E-state index contributed by atoms with van der Waals surface area (Å²) in [6.07, 6.45) is 4.87. The summed E-state index contributed by atoms with van der Waals surface area (Å²) in [4.78, 5) is 20.9. The Labute approximate surface area is 172 Å². The molecule has 1 aromatic carbocycles. The van der Waals surface area contributed by atoms with Gasteiger partial charge in [-0.3, -0.25) is 0 Å². The van der Waals surface area contributed by atoms with Crippen LogP contribution in [0.15, 0.2) is 52.0 Å². The normalized spacial score (nSPS) is 13.3. The monoisotopic (exact) mass is 405 g/mol. The maximum atomic E-state index is 12.5. The zero-order chi connectivity index (χ0) is 21.1. The summed E-state index contributed by atoms with van der Waals surface area (Å²) < 4.78 is 16.2. The van der Waals surface area contributed by atoms with Gasteiger partial charge in [-0.15, -0.1) is 0 Å². The van der Waals surface area contributed by atoms with Gasteiger partial charge in [0.05, 0.1) is 19.4 Å². The van der Waals surface area contributed by atoms with Crippen molar-refractivity contribution in [2.75, 3.05) is 19.0 Å². The Balaban J connectivity index is 1.78. The fourth-order valence-electron chi connectivity index (χ4n) is 3.07. The Kier molecular flexibility index (Phi) is 5.21. The highest BCUT2D eigenvalue weighted by atomic mass is 16.5. The van der Waals surface area contributed by atoms with E-state index in [2.05, 4.69) is 15.3 Å². The molecule has 1 aliphatic heterocycles. The molecule has 0 saturated heterocycles. The van der Waals surface area contributed by atoms with Crippen LogP contribution in [-0.4, -0.2) is 36.0 Å². The van der Waals surface area contributed by atoms with Gasteiger partial charge in [0.15, 0.2) is 22.9 Å². The van der Waals surface area contributed by atoms with E-state index in [1.54, 1.807) is 49.7 Å². The maximum Gasteiger partial charge on any atom is 0.347 e. The third kappa shape index (κ3) is 3.50. The van der Waals surface area contributed by atoms with Crippen LogP contribution in [0.1, 0.15) is 28.6 Å². The number of benzene rings is 1. The number of allylic oxidation sites excluding steroid dienone is 1. The highest BCUT2D eigenvalue weighted by Crippen LogP contribution is 2.40. The Morgan fingerprint density at radius 2 is 2.10 bits per heavy atom. The number of pyridine rings is 1. The molecule has 8 nitrogen and oxygen atoms in total. The van der Waals surface area contributed by atoms with E-state index in [1.165, 1.54) is 7.11 Å². The SMILES string of the molecule is CCOC(=O)c1c(Nc2ccccc2OC)oc(/C=C2\C=Nc3ncccc32)c1O. The minimum atomic E-state index is -0.706. The van der Waals surface area contributed by atoms with E-state index >= 15 is 0 Å². The number of nitrogens with one attached hydrogen (secondary N) is 1. The molecule has 0 radical (unpaired) electrons. The van der Waals surface area contributed by atoms with Crippen LogP contribution < -0.4 is 10.1 Å². The number of hydrogen-bond donors (Lipinski definition) is 2. The lowest BCUT2D eigenvalue weighted by atomic mass is 10.1. The Hall–Kier alpha value is -4.07. The van der Waals surface area contributed by atoms with Crippen LogP contribution in [0.4, 0.5) is 17.4 Å². The second-order valence-corrected chi connectivity index (χ2v) is 6.30. The number of hydrogen-bond acceptors (Lipinski definition) is 8. The third-order valence-electron chi connectivity index (χ3n) is 4.45. The summed E-state index contributed by atoms with van der Waals surface area (Å²) >= 11 is 0. The molecular formula is C22H19N3O5. The van der Waals surface area contributed by atoms with E-state index in [0.717, 1.165) is 5.56 Å². The van der Waals surface area contributed by atoms with Gasteiger partial charge in [-0.25, -0.2) is 14.8 Å². The van der Waals surface area contributed by atoms with Gasteiger partial charge in [0.1, 0.15) is 5.75 Å². The summed E-state index contributed by atoms with van der Waals surface area (Å²) in [7, 11) is 1.53. The lowest BCUT2D eigenvalue weighted by molar-refractivity contribution is 0.0524. The number of carbonyl (C=O) groups is 1. The molecule has 3 aromatic rings. The number of furan rings is 1. The number of ether oxygens (including phenoxy) is 2. The second-order valence-electron chi connectivity index (χ2n) is 6.30. The number of para-hydroxylation sites is 2. The third-order valence-corrected chi connectivity index (χ3v) is 4.45. The number of aromatic nitrogens is 1. The molecule has 0 bridgehead atoms. The predicted molar refractivity (Wildman–Crippen MR) is 113 cm³/mol. The molecule has 1 aliphatic rings. The Morgan fingerprint density at radius 3 is 2.90 bits per heavy atom. The van der Waals surface area contributed by atoms with Crippen molar-refractivity contribution < 1.29 is 23.8 Å². The van der Waals surface area contributed by atoms with E-state index in [4.69, 9.17) is 13.9 Å². The number of fused-ring (bicyclic) bond motifs is 1. The van der Waals surface area contributed by atoms with E-state index < -0.39 is 5.97 Å². The molecule has 0 fully saturated rings. The molecule has 3 heterocycles. The van der Waals surface area contributed by atoms with E-state index in [9.17, 15) is 9.90 Å². The molecule has 2 N–H and O–H groups in total. The van der Waals surface area contributed by atoms with Crippen LogP contribution in [0, 0.1) is 0 Å². The largest absolute Gasteiger partial charge is 0.504 e. The van der Waals surface area contributed by atoms with Crippen molar-refractivity contribution in [3.63, 3.8) is 0 Å². The smallest absolute Gasteiger partial charge is 0.347 e. The first-order chi connectivity index (χ1) is 14.6. The van der Waals surface area contributed by atoms with Crippen LogP contribution in [0.5, 0.6) is 11.5 Å². The number of nitrogens with zero attached hydrogens (tertiary/aromatic N) is 2. The first-order valence-corrected chi connectivity index (χ1v) is 9.26. The lowest BCUT2D eigenvalue weighted by Crippen LogP contribution is -2.06. The summed E-state index contributed by atoms with van der Waals surface area (Å²) in [6.45, 7) is 1.84. The molecule has 4 rings (SSSR count). The van der Waals surface area contributed by atoms with E-state index in [1.807, 2.05) is 12.1 Å².